The number of halogens is 1. The summed E-state index contributed by atoms with van der Waals surface area (Å²) in [7, 11) is 0. The van der Waals surface area contributed by atoms with Crippen molar-refractivity contribution in [3.8, 4) is 0 Å². The van der Waals surface area contributed by atoms with Gasteiger partial charge in [-0.05, 0) is 46.8 Å². The van der Waals surface area contributed by atoms with Crippen LogP contribution >= 0.6 is 27.3 Å². The maximum Gasteiger partial charge on any atom is 0.220 e. The van der Waals surface area contributed by atoms with Gasteiger partial charge in [0.25, 0.3) is 0 Å². The molecule has 0 aromatic carbocycles. The molecule has 1 fully saturated rings. The Hall–Kier alpha value is -0.390. The van der Waals surface area contributed by atoms with Crippen molar-refractivity contribution in [3.63, 3.8) is 0 Å². The van der Waals surface area contributed by atoms with Gasteiger partial charge in [0.1, 0.15) is 0 Å². The maximum atomic E-state index is 12.1. The SMILES string of the molecule is NCC1(CC(=O)NCc2cc(Br)cs2)CCCCC1. The van der Waals surface area contributed by atoms with Gasteiger partial charge in [0.2, 0.25) is 5.91 Å². The molecule has 1 heterocycles. The first-order chi connectivity index (χ1) is 9.13. The van der Waals surface area contributed by atoms with Crippen molar-refractivity contribution in [2.75, 3.05) is 6.54 Å². The minimum atomic E-state index is 0.0539. The van der Waals surface area contributed by atoms with Crippen molar-refractivity contribution in [3.05, 3.63) is 20.8 Å². The summed E-state index contributed by atoms with van der Waals surface area (Å²) >= 11 is 5.08. The van der Waals surface area contributed by atoms with E-state index < -0.39 is 0 Å². The van der Waals surface area contributed by atoms with Gasteiger partial charge in [0, 0.05) is 21.2 Å². The molecule has 5 heteroatoms. The molecule has 3 N–H and O–H groups in total. The van der Waals surface area contributed by atoms with E-state index in [1.807, 2.05) is 11.4 Å². The summed E-state index contributed by atoms with van der Waals surface area (Å²) in [6, 6.07) is 2.05. The third-order valence-electron chi connectivity index (χ3n) is 3.96. The topological polar surface area (TPSA) is 55.1 Å². The molecule has 1 aromatic heterocycles. The lowest BCUT2D eigenvalue weighted by molar-refractivity contribution is -0.124. The van der Waals surface area contributed by atoms with E-state index in [1.54, 1.807) is 11.3 Å². The summed E-state index contributed by atoms with van der Waals surface area (Å²) < 4.78 is 1.08. The lowest BCUT2D eigenvalue weighted by Crippen LogP contribution is -2.38. The molecule has 0 saturated heterocycles. The molecule has 0 spiro atoms. The average molecular weight is 345 g/mol. The fourth-order valence-electron chi connectivity index (χ4n) is 2.79. The number of nitrogens with one attached hydrogen (secondary N) is 1. The van der Waals surface area contributed by atoms with Crippen LogP contribution in [0.25, 0.3) is 0 Å². The predicted octanol–water partition coefficient (Wildman–Crippen LogP) is 3.43. The second-order valence-corrected chi connectivity index (χ2v) is 7.36. The number of rotatable bonds is 5. The van der Waals surface area contributed by atoms with Crippen LogP contribution in [-0.4, -0.2) is 12.5 Å². The van der Waals surface area contributed by atoms with Crippen LogP contribution in [0.1, 0.15) is 43.4 Å². The van der Waals surface area contributed by atoms with E-state index in [0.29, 0.717) is 19.5 Å². The van der Waals surface area contributed by atoms with Gasteiger partial charge in [-0.1, -0.05) is 19.3 Å². The number of thiophene rings is 1. The van der Waals surface area contributed by atoms with Gasteiger partial charge in [0.15, 0.2) is 0 Å². The molecule has 0 unspecified atom stereocenters. The molecule has 1 amide bonds. The highest BCUT2D eigenvalue weighted by molar-refractivity contribution is 9.10. The van der Waals surface area contributed by atoms with Crippen LogP contribution in [0.3, 0.4) is 0 Å². The molecule has 1 aliphatic carbocycles. The van der Waals surface area contributed by atoms with Gasteiger partial charge >= 0.3 is 0 Å². The number of amides is 1. The van der Waals surface area contributed by atoms with Crippen LogP contribution in [0.5, 0.6) is 0 Å². The highest BCUT2D eigenvalue weighted by atomic mass is 79.9. The van der Waals surface area contributed by atoms with Gasteiger partial charge in [-0.2, -0.15) is 0 Å². The predicted molar refractivity (Wildman–Crippen MR) is 83.1 cm³/mol. The second-order valence-electron chi connectivity index (χ2n) is 5.45. The highest BCUT2D eigenvalue weighted by Crippen LogP contribution is 2.38. The van der Waals surface area contributed by atoms with Crippen molar-refractivity contribution < 1.29 is 4.79 Å². The fraction of sp³-hybridized carbons (Fsp3) is 0.643. The summed E-state index contributed by atoms with van der Waals surface area (Å²) in [5.41, 5.74) is 5.97. The van der Waals surface area contributed by atoms with Crippen molar-refractivity contribution in [2.24, 2.45) is 11.1 Å². The minimum absolute atomic E-state index is 0.0539. The van der Waals surface area contributed by atoms with E-state index in [2.05, 4.69) is 21.2 Å². The number of hydrogen-bond acceptors (Lipinski definition) is 3. The minimum Gasteiger partial charge on any atom is -0.351 e. The first-order valence-electron chi connectivity index (χ1n) is 6.83. The molecule has 0 atom stereocenters. The Morgan fingerprint density at radius 1 is 1.42 bits per heavy atom. The lowest BCUT2D eigenvalue weighted by atomic mass is 9.71. The largest absolute Gasteiger partial charge is 0.351 e. The maximum absolute atomic E-state index is 12.1. The molecule has 1 aromatic rings. The molecule has 0 bridgehead atoms. The number of nitrogens with two attached hydrogens (primary N) is 1. The zero-order valence-electron chi connectivity index (χ0n) is 11.1. The van der Waals surface area contributed by atoms with Crippen LogP contribution in [0.15, 0.2) is 15.9 Å². The van der Waals surface area contributed by atoms with Crippen LogP contribution in [0.4, 0.5) is 0 Å². The molecule has 0 aliphatic heterocycles. The van der Waals surface area contributed by atoms with Gasteiger partial charge in [-0.3, -0.25) is 4.79 Å². The molecule has 106 valence electrons. The molecule has 1 saturated carbocycles. The van der Waals surface area contributed by atoms with E-state index in [4.69, 9.17) is 5.73 Å². The van der Waals surface area contributed by atoms with Gasteiger partial charge < -0.3 is 11.1 Å². The van der Waals surface area contributed by atoms with Gasteiger partial charge in [0.05, 0.1) is 6.54 Å². The normalized spacial score (nSPS) is 18.2. The van der Waals surface area contributed by atoms with Crippen molar-refractivity contribution in [2.45, 2.75) is 45.1 Å². The van der Waals surface area contributed by atoms with Gasteiger partial charge in [-0.25, -0.2) is 0 Å². The van der Waals surface area contributed by atoms with Crippen molar-refractivity contribution in [1.82, 2.24) is 5.32 Å². The van der Waals surface area contributed by atoms with Crippen LogP contribution in [-0.2, 0) is 11.3 Å². The summed E-state index contributed by atoms with van der Waals surface area (Å²) in [6.07, 6.45) is 6.48. The Morgan fingerprint density at radius 3 is 2.74 bits per heavy atom. The molecule has 2 rings (SSSR count). The second kappa shape index (κ2) is 6.86. The van der Waals surface area contributed by atoms with Crippen LogP contribution in [0.2, 0.25) is 0 Å². The highest BCUT2D eigenvalue weighted by Gasteiger charge is 2.32. The van der Waals surface area contributed by atoms with E-state index in [1.165, 1.54) is 24.1 Å². The molecule has 0 radical (unpaired) electrons. The van der Waals surface area contributed by atoms with Crippen LogP contribution < -0.4 is 11.1 Å². The zero-order valence-corrected chi connectivity index (χ0v) is 13.5. The fourth-order valence-corrected chi connectivity index (χ4v) is 4.18. The summed E-state index contributed by atoms with van der Waals surface area (Å²) in [5.74, 6) is 0.136. The molecular formula is C14H21BrN2OS. The first-order valence-corrected chi connectivity index (χ1v) is 8.50. The monoisotopic (exact) mass is 344 g/mol. The third-order valence-corrected chi connectivity index (χ3v) is 5.66. The van der Waals surface area contributed by atoms with Crippen molar-refractivity contribution in [1.29, 1.82) is 0 Å². The van der Waals surface area contributed by atoms with E-state index in [9.17, 15) is 4.79 Å². The third kappa shape index (κ3) is 4.29. The summed E-state index contributed by atoms with van der Waals surface area (Å²) in [6.45, 7) is 1.25. The number of carbonyl (C=O) groups excluding carboxylic acids is 1. The lowest BCUT2D eigenvalue weighted by Gasteiger charge is -2.35. The average Bonchev–Trinajstić information content (AvgIpc) is 2.83. The van der Waals surface area contributed by atoms with E-state index >= 15 is 0 Å². The smallest absolute Gasteiger partial charge is 0.220 e. The number of carbonyl (C=O) groups is 1. The number of hydrogen-bond donors (Lipinski definition) is 2. The Morgan fingerprint density at radius 2 is 2.16 bits per heavy atom. The Bertz CT molecular complexity index is 427. The van der Waals surface area contributed by atoms with E-state index in [-0.39, 0.29) is 11.3 Å². The molecular weight excluding hydrogens is 324 g/mol. The summed E-state index contributed by atoms with van der Waals surface area (Å²) in [4.78, 5) is 13.3. The standard InChI is InChI=1S/C14H21BrN2OS/c15-11-6-12(19-9-11)8-17-13(18)7-14(10-16)4-2-1-3-5-14/h6,9H,1-5,7-8,10,16H2,(H,17,18). The Balaban J connectivity index is 1.82. The van der Waals surface area contributed by atoms with Gasteiger partial charge in [-0.15, -0.1) is 11.3 Å². The molecule has 3 nitrogen and oxygen atoms in total. The molecule has 1 aliphatic rings. The quantitative estimate of drug-likeness (QED) is 0.859. The zero-order chi connectivity index (χ0) is 13.7. The molecule has 19 heavy (non-hydrogen) atoms. The summed E-state index contributed by atoms with van der Waals surface area (Å²) in [5, 5.41) is 5.05. The van der Waals surface area contributed by atoms with Crippen LogP contribution in [0, 0.1) is 5.41 Å². The van der Waals surface area contributed by atoms with E-state index in [0.717, 1.165) is 17.3 Å². The first kappa shape index (κ1) is 15.0. The Kier molecular flexibility index (Phi) is 5.42. The Labute approximate surface area is 127 Å². The van der Waals surface area contributed by atoms with Crippen molar-refractivity contribution >= 4 is 33.2 Å².